The Labute approximate surface area is 156 Å². The molecule has 0 aliphatic heterocycles. The summed E-state index contributed by atoms with van der Waals surface area (Å²) in [5.41, 5.74) is 3.89. The fourth-order valence-corrected chi connectivity index (χ4v) is 3.21. The summed E-state index contributed by atoms with van der Waals surface area (Å²) >= 11 is 1.71. The fraction of sp³-hybridized carbons (Fsp3) is 0.450. The molecule has 2 N–H and O–H groups in total. The van der Waals surface area contributed by atoms with Gasteiger partial charge in [-0.1, -0.05) is 38.1 Å². The van der Waals surface area contributed by atoms with Gasteiger partial charge in [-0.05, 0) is 53.5 Å². The molecule has 0 aliphatic carbocycles. The maximum Gasteiger partial charge on any atom is 0.191 e. The lowest BCUT2D eigenvalue weighted by molar-refractivity contribution is 0.296. The lowest BCUT2D eigenvalue weighted by atomic mass is 10.1. The highest BCUT2D eigenvalue weighted by molar-refractivity contribution is 7.07. The molecule has 5 heteroatoms. The van der Waals surface area contributed by atoms with Crippen molar-refractivity contribution >= 4 is 17.3 Å². The highest BCUT2D eigenvalue weighted by atomic mass is 32.1. The largest absolute Gasteiger partial charge is 0.357 e. The van der Waals surface area contributed by atoms with Crippen LogP contribution in [0.2, 0.25) is 0 Å². The zero-order chi connectivity index (χ0) is 17.9. The number of nitrogens with zero attached hydrogens (tertiary/aromatic N) is 2. The molecule has 0 amide bonds. The van der Waals surface area contributed by atoms with Gasteiger partial charge in [0.25, 0.3) is 0 Å². The second kappa shape index (κ2) is 10.9. The summed E-state index contributed by atoms with van der Waals surface area (Å²) < 4.78 is 0. The second-order valence-corrected chi connectivity index (χ2v) is 6.74. The van der Waals surface area contributed by atoms with Gasteiger partial charge in [0.2, 0.25) is 0 Å². The van der Waals surface area contributed by atoms with Crippen molar-refractivity contribution < 1.29 is 0 Å². The first-order valence-corrected chi connectivity index (χ1v) is 10.0. The number of nitrogens with one attached hydrogen (secondary N) is 2. The summed E-state index contributed by atoms with van der Waals surface area (Å²) in [6.07, 6.45) is 0. The molecule has 1 heterocycles. The van der Waals surface area contributed by atoms with Crippen LogP contribution < -0.4 is 10.6 Å². The van der Waals surface area contributed by atoms with E-state index in [1.165, 1.54) is 16.7 Å². The van der Waals surface area contributed by atoms with Crippen LogP contribution in [0.3, 0.4) is 0 Å². The molecular weight excluding hydrogens is 328 g/mol. The quantitative estimate of drug-likeness (QED) is 0.528. The summed E-state index contributed by atoms with van der Waals surface area (Å²) in [4.78, 5) is 7.07. The van der Waals surface area contributed by atoms with E-state index in [2.05, 4.69) is 82.4 Å². The Balaban J connectivity index is 1.88. The van der Waals surface area contributed by atoms with Gasteiger partial charge in [0.05, 0.1) is 6.54 Å². The fourth-order valence-electron chi connectivity index (χ4n) is 2.55. The molecule has 4 nitrogen and oxygen atoms in total. The number of hydrogen-bond acceptors (Lipinski definition) is 3. The highest BCUT2D eigenvalue weighted by Crippen LogP contribution is 2.08. The maximum atomic E-state index is 4.64. The summed E-state index contributed by atoms with van der Waals surface area (Å²) in [5.74, 6) is 0.862. The molecule has 0 unspecified atom stereocenters. The summed E-state index contributed by atoms with van der Waals surface area (Å²) in [6, 6.07) is 11.0. The molecule has 0 radical (unpaired) electrons. The van der Waals surface area contributed by atoms with Gasteiger partial charge in [-0.15, -0.1) is 0 Å². The monoisotopic (exact) mass is 358 g/mol. The zero-order valence-corrected chi connectivity index (χ0v) is 16.4. The van der Waals surface area contributed by atoms with Gasteiger partial charge < -0.3 is 10.6 Å². The van der Waals surface area contributed by atoms with Crippen LogP contribution in [0.15, 0.2) is 46.1 Å². The molecule has 2 aromatic rings. The molecule has 25 heavy (non-hydrogen) atoms. The Bertz CT molecular complexity index is 616. The number of rotatable bonds is 9. The Morgan fingerprint density at radius 1 is 0.960 bits per heavy atom. The van der Waals surface area contributed by atoms with Gasteiger partial charge in [0, 0.05) is 19.6 Å². The van der Waals surface area contributed by atoms with Crippen molar-refractivity contribution in [2.75, 3.05) is 19.6 Å². The molecule has 0 fully saturated rings. The van der Waals surface area contributed by atoms with Crippen LogP contribution in [-0.2, 0) is 19.6 Å². The van der Waals surface area contributed by atoms with E-state index >= 15 is 0 Å². The smallest absolute Gasteiger partial charge is 0.191 e. The SMILES string of the molecule is CCNC(=NCc1ccsc1)NCc1ccc(CN(CC)CC)cc1. The maximum absolute atomic E-state index is 4.64. The molecule has 0 spiro atoms. The minimum absolute atomic E-state index is 0.710. The molecule has 0 bridgehead atoms. The molecule has 2 rings (SSSR count). The Kier molecular flexibility index (Phi) is 8.49. The molecule has 136 valence electrons. The average molecular weight is 359 g/mol. The van der Waals surface area contributed by atoms with E-state index < -0.39 is 0 Å². The first-order valence-electron chi connectivity index (χ1n) is 9.08. The van der Waals surface area contributed by atoms with Crippen molar-refractivity contribution in [3.05, 3.63) is 57.8 Å². The Morgan fingerprint density at radius 2 is 1.68 bits per heavy atom. The van der Waals surface area contributed by atoms with Crippen molar-refractivity contribution in [2.45, 2.75) is 40.4 Å². The van der Waals surface area contributed by atoms with E-state index in [1.807, 2.05) is 0 Å². The van der Waals surface area contributed by atoms with Crippen LogP contribution in [0.25, 0.3) is 0 Å². The van der Waals surface area contributed by atoms with Gasteiger partial charge in [-0.25, -0.2) is 4.99 Å². The van der Waals surface area contributed by atoms with Crippen LogP contribution in [0.4, 0.5) is 0 Å². The van der Waals surface area contributed by atoms with Crippen LogP contribution in [-0.4, -0.2) is 30.5 Å². The van der Waals surface area contributed by atoms with Gasteiger partial charge in [0.15, 0.2) is 5.96 Å². The summed E-state index contributed by atoms with van der Waals surface area (Å²) in [5, 5.41) is 10.9. The highest BCUT2D eigenvalue weighted by Gasteiger charge is 2.02. The van der Waals surface area contributed by atoms with E-state index in [0.29, 0.717) is 6.54 Å². The lowest BCUT2D eigenvalue weighted by Crippen LogP contribution is -2.36. The van der Waals surface area contributed by atoms with E-state index in [9.17, 15) is 0 Å². The zero-order valence-electron chi connectivity index (χ0n) is 15.6. The van der Waals surface area contributed by atoms with E-state index in [4.69, 9.17) is 0 Å². The van der Waals surface area contributed by atoms with Gasteiger partial charge in [-0.2, -0.15) is 11.3 Å². The topological polar surface area (TPSA) is 39.7 Å². The van der Waals surface area contributed by atoms with Gasteiger partial charge in [0.1, 0.15) is 0 Å². The third-order valence-electron chi connectivity index (χ3n) is 4.13. The third kappa shape index (κ3) is 6.88. The lowest BCUT2D eigenvalue weighted by Gasteiger charge is -2.18. The number of thiophene rings is 1. The Hall–Kier alpha value is -1.85. The van der Waals surface area contributed by atoms with Crippen molar-refractivity contribution in [2.24, 2.45) is 4.99 Å². The van der Waals surface area contributed by atoms with Crippen LogP contribution in [0.1, 0.15) is 37.5 Å². The molecule has 0 saturated carbocycles. The third-order valence-corrected chi connectivity index (χ3v) is 4.86. The minimum atomic E-state index is 0.710. The van der Waals surface area contributed by atoms with Crippen molar-refractivity contribution in [1.29, 1.82) is 0 Å². The number of aliphatic imine (C=N–C) groups is 1. The molecular formula is C20H30N4S. The normalized spacial score (nSPS) is 11.8. The first kappa shape index (κ1) is 19.5. The molecule has 1 aromatic carbocycles. The van der Waals surface area contributed by atoms with Gasteiger partial charge in [-0.3, -0.25) is 4.90 Å². The molecule has 0 atom stereocenters. The second-order valence-electron chi connectivity index (χ2n) is 5.96. The Morgan fingerprint density at radius 3 is 2.28 bits per heavy atom. The number of guanidine groups is 1. The van der Waals surface area contributed by atoms with Crippen molar-refractivity contribution in [3.63, 3.8) is 0 Å². The van der Waals surface area contributed by atoms with Crippen LogP contribution in [0, 0.1) is 0 Å². The summed E-state index contributed by atoms with van der Waals surface area (Å²) in [7, 11) is 0. The predicted octanol–water partition coefficient (Wildman–Crippen LogP) is 3.85. The van der Waals surface area contributed by atoms with E-state index in [0.717, 1.165) is 38.7 Å². The molecule has 0 aliphatic rings. The first-order chi connectivity index (χ1) is 12.2. The van der Waals surface area contributed by atoms with Crippen LogP contribution >= 0.6 is 11.3 Å². The number of hydrogen-bond donors (Lipinski definition) is 2. The van der Waals surface area contributed by atoms with Crippen molar-refractivity contribution in [1.82, 2.24) is 15.5 Å². The predicted molar refractivity (Wildman–Crippen MR) is 109 cm³/mol. The average Bonchev–Trinajstić information content (AvgIpc) is 3.16. The number of benzene rings is 1. The van der Waals surface area contributed by atoms with E-state index in [1.54, 1.807) is 11.3 Å². The van der Waals surface area contributed by atoms with Crippen LogP contribution in [0.5, 0.6) is 0 Å². The summed E-state index contributed by atoms with van der Waals surface area (Å²) in [6.45, 7) is 12.0. The van der Waals surface area contributed by atoms with Gasteiger partial charge >= 0.3 is 0 Å². The van der Waals surface area contributed by atoms with E-state index in [-0.39, 0.29) is 0 Å². The minimum Gasteiger partial charge on any atom is -0.357 e. The standard InChI is InChI=1S/C20H30N4S/c1-4-21-20(23-14-19-11-12-25-16-19)22-13-17-7-9-18(10-8-17)15-24(5-2)6-3/h7-12,16H,4-6,13-15H2,1-3H3,(H2,21,22,23). The molecule has 0 saturated heterocycles. The van der Waals surface area contributed by atoms with Crippen molar-refractivity contribution in [3.8, 4) is 0 Å². The molecule has 1 aromatic heterocycles.